The predicted molar refractivity (Wildman–Crippen MR) is 86.8 cm³/mol. The minimum atomic E-state index is -0.230. The summed E-state index contributed by atoms with van der Waals surface area (Å²) in [5, 5.41) is 7.03. The van der Waals surface area contributed by atoms with Crippen molar-refractivity contribution >= 4 is 29.1 Å². The van der Waals surface area contributed by atoms with Gasteiger partial charge in [-0.25, -0.2) is 0 Å². The minimum absolute atomic E-state index is 0.00334. The number of carbonyl (C=O) groups is 1. The second-order valence-electron chi connectivity index (χ2n) is 6.14. The number of halogens is 2. The molecule has 1 amide bonds. The van der Waals surface area contributed by atoms with E-state index in [1.807, 2.05) is 0 Å². The third kappa shape index (κ3) is 3.59. The number of hydrogen-bond donors (Lipinski definition) is 3. The van der Waals surface area contributed by atoms with E-state index in [9.17, 15) is 4.79 Å². The number of piperidine rings is 1. The quantitative estimate of drug-likeness (QED) is 0.768. The second-order valence-corrected chi connectivity index (χ2v) is 6.90. The van der Waals surface area contributed by atoms with Gasteiger partial charge in [0.05, 0.1) is 22.2 Å². The highest BCUT2D eigenvalue weighted by molar-refractivity contribution is 6.44. The van der Waals surface area contributed by atoms with Crippen molar-refractivity contribution in [1.82, 2.24) is 15.6 Å². The van der Waals surface area contributed by atoms with Crippen LogP contribution in [-0.2, 0) is 4.74 Å². The van der Waals surface area contributed by atoms with Crippen molar-refractivity contribution in [3.63, 3.8) is 0 Å². The summed E-state index contributed by atoms with van der Waals surface area (Å²) in [4.78, 5) is 15.4. The summed E-state index contributed by atoms with van der Waals surface area (Å²) in [6.45, 7) is 4.20. The highest BCUT2D eigenvalue weighted by atomic mass is 35.5. The Hall–Kier alpha value is -0.750. The predicted octanol–water partition coefficient (Wildman–Crippen LogP) is 2.52. The van der Waals surface area contributed by atoms with Gasteiger partial charge in [0.25, 0.3) is 5.91 Å². The van der Waals surface area contributed by atoms with Gasteiger partial charge in [0, 0.05) is 18.8 Å². The molecule has 0 aromatic carbocycles. The Kier molecular flexibility index (Phi) is 4.97. The number of aromatic nitrogens is 1. The second kappa shape index (κ2) is 6.79. The van der Waals surface area contributed by atoms with Crippen molar-refractivity contribution in [2.24, 2.45) is 5.92 Å². The Morgan fingerprint density at radius 3 is 2.73 bits per heavy atom. The summed E-state index contributed by atoms with van der Waals surface area (Å²) in [5.41, 5.74) is 1.02. The van der Waals surface area contributed by atoms with E-state index < -0.39 is 0 Å². The summed E-state index contributed by atoms with van der Waals surface area (Å²) >= 11 is 12.1. The van der Waals surface area contributed by atoms with Crippen LogP contribution in [0.15, 0.2) is 0 Å². The third-order valence-corrected chi connectivity index (χ3v) is 5.21. The summed E-state index contributed by atoms with van der Waals surface area (Å²) in [6, 6.07) is -0.00838. The van der Waals surface area contributed by atoms with Crippen molar-refractivity contribution in [3.8, 4) is 0 Å². The van der Waals surface area contributed by atoms with Gasteiger partial charge in [-0.2, -0.15) is 0 Å². The van der Waals surface area contributed by atoms with Crippen LogP contribution in [0.3, 0.4) is 0 Å². The van der Waals surface area contributed by atoms with Gasteiger partial charge in [-0.05, 0) is 38.6 Å². The topological polar surface area (TPSA) is 66.2 Å². The number of nitrogens with one attached hydrogen (secondary N) is 3. The molecule has 1 saturated carbocycles. The first-order valence-electron chi connectivity index (χ1n) is 7.73. The molecule has 0 bridgehead atoms. The molecule has 122 valence electrons. The Bertz CT molecular complexity index is 557. The standard InChI is InChI=1S/C15H21Cl2N3O2/c1-8-12(16)13(17)14(19-8)15(21)20-10-4-5-18-6-11(10)22-7-9-2-3-9/h9-11,18-19H,2-7H2,1H3,(H,20,21). The van der Waals surface area contributed by atoms with E-state index in [1.54, 1.807) is 6.92 Å². The number of carbonyl (C=O) groups excluding carboxylic acids is 1. The first kappa shape index (κ1) is 16.1. The molecule has 0 spiro atoms. The Balaban J connectivity index is 1.63. The van der Waals surface area contributed by atoms with Crippen LogP contribution in [0.4, 0.5) is 0 Å². The number of aromatic amines is 1. The Morgan fingerprint density at radius 2 is 2.09 bits per heavy atom. The van der Waals surface area contributed by atoms with Crippen molar-refractivity contribution in [2.45, 2.75) is 38.3 Å². The van der Waals surface area contributed by atoms with Gasteiger partial charge in [0.2, 0.25) is 0 Å². The van der Waals surface area contributed by atoms with Crippen molar-refractivity contribution in [3.05, 3.63) is 21.4 Å². The molecule has 2 fully saturated rings. The Labute approximate surface area is 140 Å². The summed E-state index contributed by atoms with van der Waals surface area (Å²) < 4.78 is 5.97. The first-order valence-corrected chi connectivity index (χ1v) is 8.48. The lowest BCUT2D eigenvalue weighted by molar-refractivity contribution is 0.00855. The highest BCUT2D eigenvalue weighted by Crippen LogP contribution is 2.30. The van der Waals surface area contributed by atoms with Crippen LogP contribution in [-0.4, -0.2) is 42.7 Å². The molecule has 1 aliphatic heterocycles. The number of H-pyrrole nitrogens is 1. The van der Waals surface area contributed by atoms with Gasteiger partial charge in [-0.15, -0.1) is 0 Å². The van der Waals surface area contributed by atoms with E-state index in [1.165, 1.54) is 12.8 Å². The molecule has 2 unspecified atom stereocenters. The molecule has 3 rings (SSSR count). The largest absolute Gasteiger partial charge is 0.374 e. The van der Waals surface area contributed by atoms with Gasteiger partial charge >= 0.3 is 0 Å². The summed E-state index contributed by atoms with van der Waals surface area (Å²) in [6.07, 6.45) is 3.36. The van der Waals surface area contributed by atoms with Gasteiger partial charge in [0.1, 0.15) is 5.69 Å². The average molecular weight is 346 g/mol. The van der Waals surface area contributed by atoms with Gasteiger partial charge in [0.15, 0.2) is 0 Å². The zero-order valence-electron chi connectivity index (χ0n) is 12.5. The number of amides is 1. The molecule has 1 saturated heterocycles. The SMILES string of the molecule is Cc1[nH]c(C(=O)NC2CCNCC2OCC2CC2)c(Cl)c1Cl. The van der Waals surface area contributed by atoms with E-state index in [0.29, 0.717) is 22.3 Å². The molecule has 7 heteroatoms. The van der Waals surface area contributed by atoms with Crippen LogP contribution < -0.4 is 10.6 Å². The minimum Gasteiger partial charge on any atom is -0.374 e. The maximum atomic E-state index is 12.4. The lowest BCUT2D eigenvalue weighted by Crippen LogP contribution is -2.54. The summed E-state index contributed by atoms with van der Waals surface area (Å²) in [5.74, 6) is 0.476. The van der Waals surface area contributed by atoms with Gasteiger partial charge in [-0.1, -0.05) is 23.2 Å². The van der Waals surface area contributed by atoms with Crippen molar-refractivity contribution < 1.29 is 9.53 Å². The van der Waals surface area contributed by atoms with E-state index in [2.05, 4.69) is 15.6 Å². The monoisotopic (exact) mass is 345 g/mol. The van der Waals surface area contributed by atoms with Crippen LogP contribution >= 0.6 is 23.2 Å². The van der Waals surface area contributed by atoms with Gasteiger partial charge < -0.3 is 20.4 Å². The van der Waals surface area contributed by atoms with Crippen molar-refractivity contribution in [1.29, 1.82) is 0 Å². The molecule has 0 radical (unpaired) electrons. The molecular formula is C15H21Cl2N3O2. The first-order chi connectivity index (χ1) is 10.6. The fourth-order valence-electron chi connectivity index (χ4n) is 2.68. The maximum Gasteiger partial charge on any atom is 0.269 e. The lowest BCUT2D eigenvalue weighted by atomic mass is 10.0. The van der Waals surface area contributed by atoms with Crippen LogP contribution in [0.2, 0.25) is 10.0 Å². The summed E-state index contributed by atoms with van der Waals surface area (Å²) in [7, 11) is 0. The van der Waals surface area contributed by atoms with Gasteiger partial charge in [-0.3, -0.25) is 4.79 Å². The molecule has 22 heavy (non-hydrogen) atoms. The molecule has 5 nitrogen and oxygen atoms in total. The highest BCUT2D eigenvalue weighted by Gasteiger charge is 2.31. The number of hydrogen-bond acceptors (Lipinski definition) is 3. The van der Waals surface area contributed by atoms with Crippen LogP contribution in [0.25, 0.3) is 0 Å². The third-order valence-electron chi connectivity index (χ3n) is 4.27. The normalized spacial score (nSPS) is 25.2. The smallest absolute Gasteiger partial charge is 0.269 e. The molecule has 2 atom stereocenters. The van der Waals surface area contributed by atoms with Crippen LogP contribution in [0, 0.1) is 12.8 Å². The van der Waals surface area contributed by atoms with Crippen LogP contribution in [0.1, 0.15) is 35.4 Å². The molecular weight excluding hydrogens is 325 g/mol. The average Bonchev–Trinajstić information content (AvgIpc) is 3.30. The molecule has 1 aromatic heterocycles. The molecule has 2 aliphatic rings. The molecule has 3 N–H and O–H groups in total. The zero-order chi connectivity index (χ0) is 15.7. The molecule has 1 aromatic rings. The molecule has 2 heterocycles. The zero-order valence-corrected chi connectivity index (χ0v) is 14.1. The number of rotatable bonds is 5. The number of aryl methyl sites for hydroxylation is 1. The van der Waals surface area contributed by atoms with E-state index in [-0.39, 0.29) is 23.1 Å². The molecule has 1 aliphatic carbocycles. The van der Waals surface area contributed by atoms with E-state index >= 15 is 0 Å². The number of ether oxygens (including phenoxy) is 1. The van der Waals surface area contributed by atoms with E-state index in [4.69, 9.17) is 27.9 Å². The fraction of sp³-hybridized carbons (Fsp3) is 0.667. The maximum absolute atomic E-state index is 12.4. The van der Waals surface area contributed by atoms with Crippen molar-refractivity contribution in [2.75, 3.05) is 19.7 Å². The van der Waals surface area contributed by atoms with Crippen LogP contribution in [0.5, 0.6) is 0 Å². The Morgan fingerprint density at radius 1 is 1.32 bits per heavy atom. The lowest BCUT2D eigenvalue weighted by Gasteiger charge is -2.32. The van der Waals surface area contributed by atoms with E-state index in [0.717, 1.165) is 26.1 Å². The fourth-order valence-corrected chi connectivity index (χ4v) is 3.10.